The van der Waals surface area contributed by atoms with E-state index in [0.717, 1.165) is 19.3 Å². The number of hydrogen-bond acceptors (Lipinski definition) is 8. The van der Waals surface area contributed by atoms with E-state index in [9.17, 15) is 13.7 Å². The summed E-state index contributed by atoms with van der Waals surface area (Å²) in [5.41, 5.74) is 0.0426. The van der Waals surface area contributed by atoms with Crippen molar-refractivity contribution in [1.29, 1.82) is 5.26 Å². The number of aryl methyl sites for hydroxylation is 1. The molecule has 0 unspecified atom stereocenters. The van der Waals surface area contributed by atoms with Crippen LogP contribution in [0.1, 0.15) is 36.5 Å². The van der Waals surface area contributed by atoms with Crippen molar-refractivity contribution in [3.05, 3.63) is 41.7 Å². The number of aromatic nitrogens is 1. The Kier molecular flexibility index (Phi) is 5.17. The lowest BCUT2D eigenvalue weighted by molar-refractivity contribution is 0.346. The predicted molar refractivity (Wildman–Crippen MR) is 102 cm³/mol. The van der Waals surface area contributed by atoms with Gasteiger partial charge in [-0.3, -0.25) is 0 Å². The highest BCUT2D eigenvalue weighted by Crippen LogP contribution is 2.32. The maximum atomic E-state index is 13.0. The molecule has 0 aliphatic carbocycles. The van der Waals surface area contributed by atoms with Crippen molar-refractivity contribution in [2.75, 3.05) is 18.4 Å². The van der Waals surface area contributed by atoms with Crippen LogP contribution in [0.4, 0.5) is 5.88 Å². The minimum Gasteiger partial charge on any atom is -0.467 e. The van der Waals surface area contributed by atoms with E-state index in [0.29, 0.717) is 25.4 Å². The number of nitrogens with one attached hydrogen (secondary N) is 1. The van der Waals surface area contributed by atoms with E-state index >= 15 is 0 Å². The number of rotatable bonds is 6. The fraction of sp³-hybridized carbons (Fsp3) is 0.368. The van der Waals surface area contributed by atoms with Crippen LogP contribution in [-0.2, 0) is 16.6 Å². The van der Waals surface area contributed by atoms with Crippen LogP contribution in [0.5, 0.6) is 0 Å². The van der Waals surface area contributed by atoms with E-state index in [-0.39, 0.29) is 33.9 Å². The summed E-state index contributed by atoms with van der Waals surface area (Å²) in [6.07, 6.45) is 4.27. The second-order valence-corrected chi connectivity index (χ2v) is 8.64. The van der Waals surface area contributed by atoms with Crippen molar-refractivity contribution in [1.82, 2.24) is 9.29 Å². The lowest BCUT2D eigenvalue weighted by Crippen LogP contribution is -2.35. The standard InChI is InChI=1S/C19H20N4O5S/c1-13-17(29(24,25)23-7-3-2-4-8-23)10-16(27-13)19-22-15(11-20)18(28-19)21-12-14-6-5-9-26-14/h5-6,9-10,21H,2-4,7-8,12H2,1H3. The summed E-state index contributed by atoms with van der Waals surface area (Å²) in [5.74, 6) is 1.27. The van der Waals surface area contributed by atoms with Crippen molar-refractivity contribution in [3.63, 3.8) is 0 Å². The van der Waals surface area contributed by atoms with Gasteiger partial charge in [-0.2, -0.15) is 14.6 Å². The predicted octanol–water partition coefficient (Wildman–Crippen LogP) is 3.49. The molecular formula is C19H20N4O5S. The number of hydrogen-bond donors (Lipinski definition) is 1. The number of nitrogens with zero attached hydrogens (tertiary/aromatic N) is 3. The first-order valence-corrected chi connectivity index (χ1v) is 10.7. The van der Waals surface area contributed by atoms with Gasteiger partial charge in [-0.15, -0.1) is 0 Å². The van der Waals surface area contributed by atoms with Crippen molar-refractivity contribution in [2.45, 2.75) is 37.6 Å². The van der Waals surface area contributed by atoms with E-state index in [1.165, 1.54) is 10.4 Å². The number of piperidine rings is 1. The van der Waals surface area contributed by atoms with Gasteiger partial charge < -0.3 is 18.6 Å². The number of oxazole rings is 1. The smallest absolute Gasteiger partial charge is 0.266 e. The zero-order chi connectivity index (χ0) is 20.4. The second-order valence-electron chi connectivity index (χ2n) is 6.74. The Labute approximate surface area is 168 Å². The van der Waals surface area contributed by atoms with Gasteiger partial charge in [0.1, 0.15) is 22.5 Å². The molecule has 1 saturated heterocycles. The van der Waals surface area contributed by atoms with Crippen LogP contribution in [0, 0.1) is 18.3 Å². The molecule has 0 bridgehead atoms. The third-order valence-electron chi connectivity index (χ3n) is 4.75. The van der Waals surface area contributed by atoms with E-state index < -0.39 is 10.0 Å². The highest BCUT2D eigenvalue weighted by atomic mass is 32.2. The summed E-state index contributed by atoms with van der Waals surface area (Å²) >= 11 is 0. The monoisotopic (exact) mass is 416 g/mol. The van der Waals surface area contributed by atoms with Crippen LogP contribution in [0.15, 0.2) is 42.6 Å². The third kappa shape index (κ3) is 3.79. The molecule has 1 aliphatic heterocycles. The Morgan fingerprint density at radius 1 is 1.28 bits per heavy atom. The average Bonchev–Trinajstić information content (AvgIpc) is 3.46. The maximum Gasteiger partial charge on any atom is 0.266 e. The fourth-order valence-corrected chi connectivity index (χ4v) is 4.95. The summed E-state index contributed by atoms with van der Waals surface area (Å²) in [6, 6.07) is 6.89. The quantitative estimate of drug-likeness (QED) is 0.647. The Hall–Kier alpha value is -3.03. The molecule has 0 spiro atoms. The molecule has 0 radical (unpaired) electrons. The van der Waals surface area contributed by atoms with E-state index in [2.05, 4.69) is 10.3 Å². The topological polar surface area (TPSA) is 126 Å². The molecule has 0 atom stereocenters. The van der Waals surface area contributed by atoms with Gasteiger partial charge in [-0.1, -0.05) is 6.42 Å². The third-order valence-corrected chi connectivity index (χ3v) is 6.76. The van der Waals surface area contributed by atoms with Crippen molar-refractivity contribution >= 4 is 15.9 Å². The zero-order valence-electron chi connectivity index (χ0n) is 15.8. The second kappa shape index (κ2) is 7.77. The first-order valence-electron chi connectivity index (χ1n) is 9.27. The molecule has 3 aromatic heterocycles. The van der Waals surface area contributed by atoms with Crippen LogP contribution in [-0.4, -0.2) is 30.8 Å². The number of sulfonamides is 1. The van der Waals surface area contributed by atoms with Gasteiger partial charge in [-0.25, -0.2) is 8.42 Å². The maximum absolute atomic E-state index is 13.0. The Morgan fingerprint density at radius 2 is 2.07 bits per heavy atom. The first-order chi connectivity index (χ1) is 14.0. The number of furan rings is 2. The minimum atomic E-state index is -3.65. The molecule has 4 rings (SSSR count). The molecule has 152 valence electrons. The van der Waals surface area contributed by atoms with Gasteiger partial charge >= 0.3 is 0 Å². The molecule has 1 aliphatic rings. The Balaban J connectivity index is 1.61. The Bertz CT molecular complexity index is 1130. The van der Waals surface area contributed by atoms with Gasteiger partial charge in [0, 0.05) is 19.2 Å². The first kappa shape index (κ1) is 19.3. The zero-order valence-corrected chi connectivity index (χ0v) is 16.7. The minimum absolute atomic E-state index is 0.0340. The van der Waals surface area contributed by atoms with Crippen LogP contribution in [0.3, 0.4) is 0 Å². The molecule has 4 heterocycles. The van der Waals surface area contributed by atoms with Crippen LogP contribution in [0.25, 0.3) is 11.7 Å². The van der Waals surface area contributed by atoms with Crippen LogP contribution in [0.2, 0.25) is 0 Å². The van der Waals surface area contributed by atoms with Crippen molar-refractivity contribution < 1.29 is 21.7 Å². The lowest BCUT2D eigenvalue weighted by atomic mass is 10.2. The molecule has 29 heavy (non-hydrogen) atoms. The Morgan fingerprint density at radius 3 is 2.76 bits per heavy atom. The summed E-state index contributed by atoms with van der Waals surface area (Å²) in [4.78, 5) is 4.22. The highest BCUT2D eigenvalue weighted by Gasteiger charge is 2.31. The molecule has 1 fully saturated rings. The molecule has 0 aromatic carbocycles. The van der Waals surface area contributed by atoms with Crippen molar-refractivity contribution in [3.8, 4) is 17.7 Å². The molecule has 0 amide bonds. The molecule has 1 N–H and O–H groups in total. The van der Waals surface area contributed by atoms with Gasteiger partial charge in [0.25, 0.3) is 5.89 Å². The molecule has 9 nitrogen and oxygen atoms in total. The number of anilines is 1. The van der Waals surface area contributed by atoms with E-state index in [1.54, 1.807) is 25.3 Å². The van der Waals surface area contributed by atoms with E-state index in [1.807, 2.05) is 6.07 Å². The largest absolute Gasteiger partial charge is 0.467 e. The van der Waals surface area contributed by atoms with Crippen LogP contribution < -0.4 is 5.32 Å². The van der Waals surface area contributed by atoms with Gasteiger partial charge in [-0.05, 0) is 31.9 Å². The van der Waals surface area contributed by atoms with Gasteiger partial charge in [0.2, 0.25) is 21.6 Å². The average molecular weight is 416 g/mol. The fourth-order valence-electron chi connectivity index (χ4n) is 3.27. The molecule has 3 aromatic rings. The highest BCUT2D eigenvalue weighted by molar-refractivity contribution is 7.89. The normalized spacial score (nSPS) is 15.3. The SMILES string of the molecule is Cc1oc(-c2nc(C#N)c(NCc3ccco3)o2)cc1S(=O)(=O)N1CCCCC1. The molecule has 0 saturated carbocycles. The van der Waals surface area contributed by atoms with Gasteiger partial charge in [0.15, 0.2) is 5.76 Å². The summed E-state index contributed by atoms with van der Waals surface area (Å²) in [5, 5.41) is 12.3. The summed E-state index contributed by atoms with van der Waals surface area (Å²) < 4.78 is 43.9. The lowest BCUT2D eigenvalue weighted by Gasteiger charge is -2.25. The summed E-state index contributed by atoms with van der Waals surface area (Å²) in [7, 11) is -3.65. The van der Waals surface area contributed by atoms with Gasteiger partial charge in [0.05, 0.1) is 12.8 Å². The summed E-state index contributed by atoms with van der Waals surface area (Å²) in [6.45, 7) is 2.90. The molecular weight excluding hydrogens is 396 g/mol. The number of nitriles is 1. The molecule has 10 heteroatoms. The van der Waals surface area contributed by atoms with Crippen LogP contribution >= 0.6 is 0 Å². The van der Waals surface area contributed by atoms with Crippen molar-refractivity contribution in [2.24, 2.45) is 0 Å². The van der Waals surface area contributed by atoms with E-state index in [4.69, 9.17) is 13.3 Å².